The third kappa shape index (κ3) is 3.90. The van der Waals surface area contributed by atoms with Crippen molar-refractivity contribution in [2.24, 2.45) is 0 Å². The second-order valence-electron chi connectivity index (χ2n) is 7.24. The Morgan fingerprint density at radius 3 is 2.12 bits per heavy atom. The van der Waals surface area contributed by atoms with E-state index in [1.54, 1.807) is 12.1 Å². The number of aliphatic hydroxyl groups is 1. The van der Waals surface area contributed by atoms with Crippen molar-refractivity contribution in [3.05, 3.63) is 41.2 Å². The summed E-state index contributed by atoms with van der Waals surface area (Å²) in [7, 11) is 0. The predicted octanol–water partition coefficient (Wildman–Crippen LogP) is 2.80. The van der Waals surface area contributed by atoms with Crippen molar-refractivity contribution in [1.29, 1.82) is 0 Å². The molecule has 0 bridgehead atoms. The number of Topliss-reactive ketones (excluding diaryl/α,β-unsaturated/α-hetero) is 1. The fourth-order valence-corrected chi connectivity index (χ4v) is 3.58. The number of benzene rings is 1. The highest BCUT2D eigenvalue weighted by molar-refractivity contribution is 6.08. The van der Waals surface area contributed by atoms with E-state index in [1.165, 1.54) is 24.0 Å². The molecule has 1 atom stereocenters. The molecule has 1 amide bonds. The largest absolute Gasteiger partial charge is 0.508 e. The number of ketones is 1. The number of hydrogen-bond acceptors (Lipinski definition) is 5. The lowest BCUT2D eigenvalue weighted by atomic mass is 9.96. The molecule has 1 aliphatic heterocycles. The number of aliphatic hydroxyl groups excluding tert-OH is 1. The minimum absolute atomic E-state index is 0.105. The summed E-state index contributed by atoms with van der Waals surface area (Å²) < 4.78 is 0. The van der Waals surface area contributed by atoms with Crippen molar-refractivity contribution in [2.75, 3.05) is 13.1 Å². The van der Waals surface area contributed by atoms with E-state index in [2.05, 4.69) is 32.6 Å². The molecular weight excluding hydrogens is 332 g/mol. The monoisotopic (exact) mass is 360 g/mol. The summed E-state index contributed by atoms with van der Waals surface area (Å²) in [6.07, 6.45) is 0. The molecule has 0 saturated carbocycles. The Labute approximate surface area is 154 Å². The van der Waals surface area contributed by atoms with Crippen molar-refractivity contribution in [3.63, 3.8) is 0 Å². The van der Waals surface area contributed by atoms with Crippen LogP contribution in [0.25, 0.3) is 0 Å². The first-order valence-corrected chi connectivity index (χ1v) is 8.94. The van der Waals surface area contributed by atoms with Crippen LogP contribution in [0.4, 0.5) is 0 Å². The molecule has 0 radical (unpaired) electrons. The quantitative estimate of drug-likeness (QED) is 0.781. The van der Waals surface area contributed by atoms with Gasteiger partial charge in [-0.15, -0.1) is 0 Å². The molecular formula is C20H28N2O4. The summed E-state index contributed by atoms with van der Waals surface area (Å²) in [5, 5.41) is 19.8. The second kappa shape index (κ2) is 7.91. The van der Waals surface area contributed by atoms with Crippen LogP contribution in [0.15, 0.2) is 35.6 Å². The lowest BCUT2D eigenvalue weighted by Gasteiger charge is -2.34. The van der Waals surface area contributed by atoms with Crippen LogP contribution in [0.1, 0.15) is 46.2 Å². The van der Waals surface area contributed by atoms with Crippen LogP contribution in [0.5, 0.6) is 5.75 Å². The summed E-state index contributed by atoms with van der Waals surface area (Å²) in [5.74, 6) is -1.23. The number of carbonyl (C=O) groups excluding carboxylic acids is 2. The highest BCUT2D eigenvalue weighted by Gasteiger charge is 2.42. The zero-order valence-corrected chi connectivity index (χ0v) is 16.1. The van der Waals surface area contributed by atoms with Crippen molar-refractivity contribution >= 4 is 11.7 Å². The van der Waals surface area contributed by atoms with E-state index in [-0.39, 0.29) is 17.1 Å². The van der Waals surface area contributed by atoms with Gasteiger partial charge in [0.05, 0.1) is 11.6 Å². The van der Waals surface area contributed by atoms with E-state index >= 15 is 0 Å². The van der Waals surface area contributed by atoms with E-state index in [9.17, 15) is 19.8 Å². The van der Waals surface area contributed by atoms with Gasteiger partial charge in [0.15, 0.2) is 11.5 Å². The molecule has 142 valence electrons. The summed E-state index contributed by atoms with van der Waals surface area (Å²) >= 11 is 0. The number of amides is 1. The molecule has 0 aromatic heterocycles. The van der Waals surface area contributed by atoms with Gasteiger partial charge in [0.2, 0.25) is 0 Å². The number of phenolic OH excluding ortho intramolecular Hbond substituents is 1. The molecule has 0 aliphatic carbocycles. The summed E-state index contributed by atoms with van der Waals surface area (Å²) in [6.45, 7) is 10.8. The van der Waals surface area contributed by atoms with Gasteiger partial charge in [0.1, 0.15) is 5.75 Å². The Bertz CT molecular complexity index is 699. The normalized spacial score (nSPS) is 17.9. The minimum Gasteiger partial charge on any atom is -0.508 e. The highest BCUT2D eigenvalue weighted by atomic mass is 16.3. The van der Waals surface area contributed by atoms with E-state index in [1.807, 2.05) is 0 Å². The highest BCUT2D eigenvalue weighted by Crippen LogP contribution is 2.37. The van der Waals surface area contributed by atoms with Crippen molar-refractivity contribution in [1.82, 2.24) is 9.80 Å². The molecule has 2 rings (SSSR count). The van der Waals surface area contributed by atoms with Gasteiger partial charge >= 0.3 is 0 Å². The van der Waals surface area contributed by atoms with Crippen LogP contribution >= 0.6 is 0 Å². The standard InChI is InChI=1S/C20H28N2O4/c1-12(2)21(13(3)4)10-11-22-18(15-6-8-16(24)9-7-15)17(14(5)23)19(25)20(22)26/h6-9,12-13,18,24-25H,10-11H2,1-5H3/t18-/m0/s1. The zero-order chi connectivity index (χ0) is 19.6. The minimum atomic E-state index is -0.637. The first-order valence-electron chi connectivity index (χ1n) is 8.94. The van der Waals surface area contributed by atoms with E-state index in [0.29, 0.717) is 30.7 Å². The third-order valence-electron chi connectivity index (χ3n) is 4.82. The molecule has 26 heavy (non-hydrogen) atoms. The van der Waals surface area contributed by atoms with Gasteiger partial charge in [-0.1, -0.05) is 12.1 Å². The fraction of sp³-hybridized carbons (Fsp3) is 0.500. The molecule has 1 heterocycles. The third-order valence-corrected chi connectivity index (χ3v) is 4.82. The van der Waals surface area contributed by atoms with Crippen LogP contribution in [0, 0.1) is 0 Å². The van der Waals surface area contributed by atoms with Crippen LogP contribution in [0.2, 0.25) is 0 Å². The smallest absolute Gasteiger partial charge is 0.290 e. The van der Waals surface area contributed by atoms with Gasteiger partial charge in [-0.05, 0) is 52.3 Å². The molecule has 1 aliphatic rings. The number of rotatable bonds is 7. The lowest BCUT2D eigenvalue weighted by Crippen LogP contribution is -2.44. The van der Waals surface area contributed by atoms with Crippen LogP contribution in [-0.4, -0.2) is 56.9 Å². The van der Waals surface area contributed by atoms with Gasteiger partial charge in [0, 0.05) is 25.2 Å². The molecule has 0 fully saturated rings. The molecule has 0 saturated heterocycles. The summed E-state index contributed by atoms with van der Waals surface area (Å²) in [6, 6.07) is 6.36. The maximum atomic E-state index is 12.6. The van der Waals surface area contributed by atoms with Crippen molar-refractivity contribution < 1.29 is 19.8 Å². The van der Waals surface area contributed by atoms with Crippen LogP contribution < -0.4 is 0 Å². The molecule has 1 aromatic rings. The molecule has 0 unspecified atom stereocenters. The Morgan fingerprint density at radius 2 is 1.65 bits per heavy atom. The maximum absolute atomic E-state index is 12.6. The van der Waals surface area contributed by atoms with Crippen LogP contribution in [0.3, 0.4) is 0 Å². The first-order chi connectivity index (χ1) is 12.1. The SMILES string of the molecule is CC(=O)C1=C(O)C(=O)N(CCN(C(C)C)C(C)C)[C@H]1c1ccc(O)cc1. The van der Waals surface area contributed by atoms with Gasteiger partial charge < -0.3 is 15.1 Å². The summed E-state index contributed by atoms with van der Waals surface area (Å²) in [4.78, 5) is 28.5. The Kier molecular flexibility index (Phi) is 6.08. The first kappa shape index (κ1) is 20.0. The fourth-order valence-electron chi connectivity index (χ4n) is 3.58. The van der Waals surface area contributed by atoms with Gasteiger partial charge in [-0.3, -0.25) is 14.5 Å². The van der Waals surface area contributed by atoms with Gasteiger partial charge in [0.25, 0.3) is 5.91 Å². The number of phenols is 1. The maximum Gasteiger partial charge on any atom is 0.290 e. The molecule has 6 heteroatoms. The Hall–Kier alpha value is -2.34. The number of carbonyl (C=O) groups is 2. The average Bonchev–Trinajstić information content (AvgIpc) is 2.80. The van der Waals surface area contributed by atoms with E-state index in [0.717, 1.165) is 0 Å². The summed E-state index contributed by atoms with van der Waals surface area (Å²) in [5.41, 5.74) is 0.798. The van der Waals surface area contributed by atoms with Gasteiger partial charge in [-0.2, -0.15) is 0 Å². The molecule has 6 nitrogen and oxygen atoms in total. The van der Waals surface area contributed by atoms with Crippen molar-refractivity contribution in [2.45, 2.75) is 52.7 Å². The molecule has 1 aromatic carbocycles. The lowest BCUT2D eigenvalue weighted by molar-refractivity contribution is -0.129. The van der Waals surface area contributed by atoms with E-state index in [4.69, 9.17) is 0 Å². The Morgan fingerprint density at radius 1 is 1.12 bits per heavy atom. The number of hydrogen-bond donors (Lipinski definition) is 2. The second-order valence-corrected chi connectivity index (χ2v) is 7.24. The van der Waals surface area contributed by atoms with E-state index < -0.39 is 17.7 Å². The molecule has 2 N–H and O–H groups in total. The van der Waals surface area contributed by atoms with Gasteiger partial charge in [-0.25, -0.2) is 0 Å². The zero-order valence-electron chi connectivity index (χ0n) is 16.1. The number of nitrogens with zero attached hydrogens (tertiary/aromatic N) is 2. The Balaban J connectivity index is 2.35. The predicted molar refractivity (Wildman–Crippen MR) is 99.9 cm³/mol. The molecule has 0 spiro atoms. The van der Waals surface area contributed by atoms with Crippen LogP contribution in [-0.2, 0) is 9.59 Å². The van der Waals surface area contributed by atoms with Crippen molar-refractivity contribution in [3.8, 4) is 5.75 Å². The average molecular weight is 360 g/mol. The number of aromatic hydroxyl groups is 1. The topological polar surface area (TPSA) is 81.1 Å².